The van der Waals surface area contributed by atoms with Gasteiger partial charge in [-0.2, -0.15) is 0 Å². The Kier molecular flexibility index (Phi) is 2.25. The molecule has 2 aromatic carbocycles. The predicted octanol–water partition coefficient (Wildman–Crippen LogP) is 2.18. The molecule has 0 unspecified atom stereocenters. The Bertz CT molecular complexity index is 573. The number of nitrogens with zero attached hydrogens (tertiary/aromatic N) is 1. The number of aromatic hydroxyl groups is 1. The van der Waals surface area contributed by atoms with Gasteiger partial charge in [-0.25, -0.2) is 0 Å². The fourth-order valence-electron chi connectivity index (χ4n) is 2.33. The summed E-state index contributed by atoms with van der Waals surface area (Å²) in [6, 6.07) is 11.5. The first-order valence-electron chi connectivity index (χ1n) is 5.70. The van der Waals surface area contributed by atoms with Crippen LogP contribution in [0.1, 0.15) is 0 Å². The summed E-state index contributed by atoms with van der Waals surface area (Å²) in [5.41, 5.74) is 1.01. The van der Waals surface area contributed by atoms with Crippen molar-refractivity contribution in [2.75, 3.05) is 18.0 Å². The van der Waals surface area contributed by atoms with Gasteiger partial charge in [0.2, 0.25) is 0 Å². The molecule has 3 nitrogen and oxygen atoms in total. The highest BCUT2D eigenvalue weighted by Gasteiger charge is 2.27. The average Bonchev–Trinajstić information content (AvgIpc) is 2.27. The summed E-state index contributed by atoms with van der Waals surface area (Å²) >= 11 is 0. The zero-order valence-corrected chi connectivity index (χ0v) is 9.34. The third-order valence-corrected chi connectivity index (χ3v) is 3.27. The third-order valence-electron chi connectivity index (χ3n) is 3.27. The van der Waals surface area contributed by atoms with Crippen molar-refractivity contribution >= 4 is 22.7 Å². The molecule has 0 amide bonds. The molecule has 1 fully saturated rings. The van der Waals surface area contributed by atoms with Crippen molar-refractivity contribution in [3.8, 4) is 5.75 Å². The molecular weight excluding hydrogens is 214 g/mol. The molecule has 1 aliphatic heterocycles. The summed E-state index contributed by atoms with van der Waals surface area (Å²) in [7, 11) is 0. The molecule has 3 heteroatoms. The van der Waals surface area contributed by atoms with Crippen molar-refractivity contribution in [1.29, 1.82) is 0 Å². The molecule has 1 saturated heterocycles. The highest BCUT2D eigenvalue weighted by Crippen LogP contribution is 2.34. The van der Waals surface area contributed by atoms with Crippen LogP contribution >= 0.6 is 0 Å². The number of carbonyl (C=O) groups excluding carboxylic acids is 1. The van der Waals surface area contributed by atoms with Gasteiger partial charge in [0.1, 0.15) is 12.0 Å². The molecular formula is C14H13NO2. The summed E-state index contributed by atoms with van der Waals surface area (Å²) in [5, 5.41) is 11.9. The number of phenols is 1. The molecule has 0 radical (unpaired) electrons. The maximum atomic E-state index is 10.6. The fourth-order valence-corrected chi connectivity index (χ4v) is 2.33. The molecule has 0 spiro atoms. The van der Waals surface area contributed by atoms with Crippen molar-refractivity contribution < 1.29 is 9.90 Å². The van der Waals surface area contributed by atoms with Crippen molar-refractivity contribution in [1.82, 2.24) is 0 Å². The molecule has 0 saturated carbocycles. The maximum absolute atomic E-state index is 10.6. The van der Waals surface area contributed by atoms with Crippen LogP contribution in [0.4, 0.5) is 5.69 Å². The first kappa shape index (κ1) is 10.1. The molecule has 0 aliphatic carbocycles. The summed E-state index contributed by atoms with van der Waals surface area (Å²) in [6.07, 6.45) is 1.00. The SMILES string of the molecule is O=CC1CN(c2cc(O)cc3ccccc23)C1. The number of fused-ring (bicyclic) bond motifs is 1. The lowest BCUT2D eigenvalue weighted by atomic mass is 9.98. The molecule has 2 aromatic rings. The Labute approximate surface area is 99.3 Å². The van der Waals surface area contributed by atoms with E-state index in [0.717, 1.165) is 35.8 Å². The monoisotopic (exact) mass is 227 g/mol. The molecule has 0 bridgehead atoms. The molecule has 86 valence electrons. The number of phenolic OH excluding ortho intramolecular Hbond substituents is 1. The van der Waals surface area contributed by atoms with Gasteiger partial charge in [0.25, 0.3) is 0 Å². The van der Waals surface area contributed by atoms with E-state index in [1.54, 1.807) is 12.1 Å². The van der Waals surface area contributed by atoms with E-state index < -0.39 is 0 Å². The van der Waals surface area contributed by atoms with Crippen molar-refractivity contribution in [2.45, 2.75) is 0 Å². The van der Waals surface area contributed by atoms with Crippen LogP contribution in [0.3, 0.4) is 0 Å². The first-order chi connectivity index (χ1) is 8.28. The van der Waals surface area contributed by atoms with Crippen LogP contribution in [-0.4, -0.2) is 24.5 Å². The smallest absolute Gasteiger partial charge is 0.126 e. The normalized spacial score (nSPS) is 15.9. The van der Waals surface area contributed by atoms with Crippen LogP contribution in [0.15, 0.2) is 36.4 Å². The fraction of sp³-hybridized carbons (Fsp3) is 0.214. The van der Waals surface area contributed by atoms with E-state index in [2.05, 4.69) is 4.90 Å². The van der Waals surface area contributed by atoms with Crippen molar-refractivity contribution in [2.24, 2.45) is 5.92 Å². The largest absolute Gasteiger partial charge is 0.508 e. The van der Waals surface area contributed by atoms with Gasteiger partial charge >= 0.3 is 0 Å². The summed E-state index contributed by atoms with van der Waals surface area (Å²) < 4.78 is 0. The van der Waals surface area contributed by atoms with Crippen molar-refractivity contribution in [3.05, 3.63) is 36.4 Å². The zero-order valence-electron chi connectivity index (χ0n) is 9.34. The second-order valence-electron chi connectivity index (χ2n) is 4.49. The Hall–Kier alpha value is -2.03. The van der Waals surface area contributed by atoms with Gasteiger partial charge in [-0.3, -0.25) is 0 Å². The lowest BCUT2D eigenvalue weighted by Crippen LogP contribution is -2.47. The molecule has 3 rings (SSSR count). The van der Waals surface area contributed by atoms with Gasteiger partial charge in [-0.15, -0.1) is 0 Å². The number of anilines is 1. The van der Waals surface area contributed by atoms with Gasteiger partial charge in [-0.05, 0) is 11.5 Å². The third kappa shape index (κ3) is 1.64. The number of carbonyl (C=O) groups is 1. The standard InChI is InChI=1S/C14H13NO2/c16-9-10-7-15(8-10)14-6-12(17)5-11-3-1-2-4-13(11)14/h1-6,9-10,17H,7-8H2. The maximum Gasteiger partial charge on any atom is 0.126 e. The minimum atomic E-state index is 0.135. The molecule has 1 heterocycles. The number of hydrogen-bond acceptors (Lipinski definition) is 3. The lowest BCUT2D eigenvalue weighted by molar-refractivity contribution is -0.111. The zero-order chi connectivity index (χ0) is 11.8. The number of hydrogen-bond donors (Lipinski definition) is 1. The van der Waals surface area contributed by atoms with Gasteiger partial charge in [0, 0.05) is 36.1 Å². The van der Waals surface area contributed by atoms with Gasteiger partial charge in [0.05, 0.1) is 0 Å². The number of benzene rings is 2. The van der Waals surface area contributed by atoms with E-state index in [0.29, 0.717) is 0 Å². The number of aldehydes is 1. The second-order valence-corrected chi connectivity index (χ2v) is 4.49. The van der Waals surface area contributed by atoms with Crippen LogP contribution in [0.25, 0.3) is 10.8 Å². The van der Waals surface area contributed by atoms with E-state index in [1.165, 1.54) is 0 Å². The van der Waals surface area contributed by atoms with Crippen LogP contribution in [-0.2, 0) is 4.79 Å². The Morgan fingerprint density at radius 3 is 2.76 bits per heavy atom. The van der Waals surface area contributed by atoms with Gasteiger partial charge in [-0.1, -0.05) is 24.3 Å². The molecule has 0 atom stereocenters. The van der Waals surface area contributed by atoms with E-state index in [4.69, 9.17) is 0 Å². The quantitative estimate of drug-likeness (QED) is 0.799. The highest BCUT2D eigenvalue weighted by molar-refractivity contribution is 5.96. The van der Waals surface area contributed by atoms with E-state index in [1.807, 2.05) is 24.3 Å². The van der Waals surface area contributed by atoms with Crippen LogP contribution in [0, 0.1) is 5.92 Å². The predicted molar refractivity (Wildman–Crippen MR) is 67.4 cm³/mol. The first-order valence-corrected chi connectivity index (χ1v) is 5.70. The van der Waals surface area contributed by atoms with Crippen LogP contribution in [0.2, 0.25) is 0 Å². The summed E-state index contributed by atoms with van der Waals surface area (Å²) in [6.45, 7) is 1.49. The van der Waals surface area contributed by atoms with Gasteiger partial charge < -0.3 is 14.8 Å². The minimum Gasteiger partial charge on any atom is -0.508 e. The van der Waals surface area contributed by atoms with E-state index in [-0.39, 0.29) is 11.7 Å². The van der Waals surface area contributed by atoms with Crippen molar-refractivity contribution in [3.63, 3.8) is 0 Å². The Balaban J connectivity index is 2.06. The molecule has 1 N–H and O–H groups in total. The topological polar surface area (TPSA) is 40.5 Å². The van der Waals surface area contributed by atoms with Crippen LogP contribution in [0.5, 0.6) is 5.75 Å². The highest BCUT2D eigenvalue weighted by atomic mass is 16.3. The average molecular weight is 227 g/mol. The lowest BCUT2D eigenvalue weighted by Gasteiger charge is -2.38. The molecule has 1 aliphatic rings. The Morgan fingerprint density at radius 2 is 2.00 bits per heavy atom. The summed E-state index contributed by atoms with van der Waals surface area (Å²) in [4.78, 5) is 12.7. The molecule has 0 aromatic heterocycles. The second kappa shape index (κ2) is 3.77. The summed E-state index contributed by atoms with van der Waals surface area (Å²) in [5.74, 6) is 0.407. The van der Waals surface area contributed by atoms with E-state index in [9.17, 15) is 9.90 Å². The minimum absolute atomic E-state index is 0.135. The van der Waals surface area contributed by atoms with Crippen LogP contribution < -0.4 is 4.90 Å². The van der Waals surface area contributed by atoms with Gasteiger partial charge in [0.15, 0.2) is 0 Å². The molecule has 17 heavy (non-hydrogen) atoms. The number of rotatable bonds is 2. The van der Waals surface area contributed by atoms with E-state index >= 15 is 0 Å². The Morgan fingerprint density at radius 1 is 1.24 bits per heavy atom.